The van der Waals surface area contributed by atoms with Gasteiger partial charge in [0, 0.05) is 30.0 Å². The third kappa shape index (κ3) is 9.54. The number of benzene rings is 2. The maximum absolute atomic E-state index is 13.1. The summed E-state index contributed by atoms with van der Waals surface area (Å²) in [5, 5.41) is 5.60. The minimum atomic E-state index is -3.43. The van der Waals surface area contributed by atoms with E-state index < -0.39 is 7.60 Å². The monoisotopic (exact) mass is 724 g/mol. The third-order valence-corrected chi connectivity index (χ3v) is 10.8. The standard InChI is InChI=1S/C36H45N4O8PS/c1-6-44-35(41)28-16-19-39(20-17-28)36-37-31(26(4)50-36)25-45-32-15-14-27(22-33(32)43-5)24-46-34-29(18-21-49(42,47-7-2)48-8-3)23-40(38-34)30-12-10-9-11-13-30/h9-15,18,21-23,28H,6-8,16-17,19-20,24-25H2,1-5H3. The van der Waals surface area contributed by atoms with Gasteiger partial charge in [0.25, 0.3) is 0 Å². The molecule has 0 amide bonds. The van der Waals surface area contributed by atoms with Gasteiger partial charge >= 0.3 is 13.6 Å². The third-order valence-electron chi connectivity index (χ3n) is 8.02. The van der Waals surface area contributed by atoms with Gasteiger partial charge in [-0.1, -0.05) is 24.3 Å². The highest BCUT2D eigenvalue weighted by atomic mass is 32.1. The van der Waals surface area contributed by atoms with Crippen LogP contribution < -0.4 is 19.1 Å². The fraction of sp³-hybridized carbons (Fsp3) is 0.417. The average molecular weight is 725 g/mol. The molecule has 0 spiro atoms. The Kier molecular flexibility index (Phi) is 13.1. The van der Waals surface area contributed by atoms with Gasteiger partial charge in [0.05, 0.1) is 49.8 Å². The number of hydrogen-bond acceptors (Lipinski definition) is 12. The van der Waals surface area contributed by atoms with E-state index in [2.05, 4.69) is 10.00 Å². The first kappa shape index (κ1) is 37.1. The Labute approximate surface area is 297 Å². The van der Waals surface area contributed by atoms with Crippen molar-refractivity contribution >= 4 is 36.1 Å². The Balaban J connectivity index is 1.25. The topological polar surface area (TPSA) is 123 Å². The van der Waals surface area contributed by atoms with Crippen LogP contribution in [0.15, 0.2) is 60.5 Å². The molecule has 268 valence electrons. The number of methoxy groups -OCH3 is 1. The number of carbonyl (C=O) groups is 1. The van der Waals surface area contributed by atoms with Crippen molar-refractivity contribution in [2.24, 2.45) is 5.92 Å². The minimum Gasteiger partial charge on any atom is -0.493 e. The van der Waals surface area contributed by atoms with E-state index in [1.165, 1.54) is 5.82 Å². The molecule has 0 saturated carbocycles. The summed E-state index contributed by atoms with van der Waals surface area (Å²) >= 11 is 1.63. The Morgan fingerprint density at radius 2 is 1.72 bits per heavy atom. The van der Waals surface area contributed by atoms with Gasteiger partial charge in [-0.3, -0.25) is 9.36 Å². The summed E-state index contributed by atoms with van der Waals surface area (Å²) in [7, 11) is -1.84. The van der Waals surface area contributed by atoms with Gasteiger partial charge in [-0.2, -0.15) is 0 Å². The van der Waals surface area contributed by atoms with E-state index in [0.717, 1.165) is 52.9 Å². The van der Waals surface area contributed by atoms with Crippen molar-refractivity contribution in [3.63, 3.8) is 0 Å². The van der Waals surface area contributed by atoms with Crippen LogP contribution in [0.2, 0.25) is 0 Å². The maximum Gasteiger partial charge on any atom is 0.354 e. The number of para-hydroxylation sites is 1. The molecule has 5 rings (SSSR count). The summed E-state index contributed by atoms with van der Waals surface area (Å²) in [5.74, 6) is 2.78. The maximum atomic E-state index is 13.1. The van der Waals surface area contributed by atoms with Crippen LogP contribution in [0.1, 0.15) is 55.3 Å². The molecule has 50 heavy (non-hydrogen) atoms. The fourth-order valence-corrected chi connectivity index (χ4v) is 7.71. The molecular formula is C36H45N4O8PS. The van der Waals surface area contributed by atoms with Crippen molar-refractivity contribution in [3.05, 3.63) is 82.2 Å². The van der Waals surface area contributed by atoms with Gasteiger partial charge in [-0.25, -0.2) is 9.67 Å². The molecule has 14 heteroatoms. The molecule has 0 unspecified atom stereocenters. The zero-order chi connectivity index (χ0) is 35.5. The number of anilines is 1. The van der Waals surface area contributed by atoms with Gasteiger partial charge in [0.15, 0.2) is 16.6 Å². The van der Waals surface area contributed by atoms with Gasteiger partial charge in [-0.15, -0.1) is 16.4 Å². The van der Waals surface area contributed by atoms with Crippen molar-refractivity contribution in [1.29, 1.82) is 0 Å². The van der Waals surface area contributed by atoms with Crippen LogP contribution in [-0.2, 0) is 36.4 Å². The molecule has 1 aliphatic rings. The van der Waals surface area contributed by atoms with Crippen LogP contribution >= 0.6 is 18.9 Å². The molecule has 0 aliphatic carbocycles. The molecule has 12 nitrogen and oxygen atoms in total. The number of esters is 1. The molecule has 2 aromatic carbocycles. The summed E-state index contributed by atoms with van der Waals surface area (Å²) in [4.78, 5) is 20.3. The van der Waals surface area contributed by atoms with Crippen molar-refractivity contribution in [2.75, 3.05) is 44.9 Å². The number of carbonyl (C=O) groups excluding carboxylic acids is 1. The first-order chi connectivity index (χ1) is 24.2. The molecular weight excluding hydrogens is 679 g/mol. The Bertz CT molecular complexity index is 1780. The highest BCUT2D eigenvalue weighted by Crippen LogP contribution is 2.50. The molecule has 1 fully saturated rings. The normalized spacial score (nSPS) is 13.9. The first-order valence-corrected chi connectivity index (χ1v) is 19.2. The lowest BCUT2D eigenvalue weighted by Crippen LogP contribution is -2.36. The van der Waals surface area contributed by atoms with Crippen molar-refractivity contribution in [3.8, 4) is 23.1 Å². The number of thiazole rings is 1. The number of aromatic nitrogens is 3. The summed E-state index contributed by atoms with van der Waals surface area (Å²) in [6.45, 7) is 10.3. The highest BCUT2D eigenvalue weighted by Gasteiger charge is 2.28. The lowest BCUT2D eigenvalue weighted by Gasteiger charge is -2.30. The number of rotatable bonds is 17. The quantitative estimate of drug-likeness (QED) is 0.0782. The minimum absolute atomic E-state index is 0.0482. The number of nitrogens with zero attached hydrogens (tertiary/aromatic N) is 4. The van der Waals surface area contributed by atoms with Gasteiger partial charge in [0.1, 0.15) is 13.2 Å². The second kappa shape index (κ2) is 17.7. The van der Waals surface area contributed by atoms with Crippen LogP contribution in [0, 0.1) is 12.8 Å². The SMILES string of the molecule is CCOC(=O)C1CCN(c2nc(COc3ccc(COc4nn(-c5ccccc5)cc4C=CP(=O)(OCC)OCC)cc3OC)c(C)s2)CC1. The predicted molar refractivity (Wildman–Crippen MR) is 194 cm³/mol. The van der Waals surface area contributed by atoms with Crippen LogP contribution in [0.5, 0.6) is 17.4 Å². The van der Waals surface area contributed by atoms with E-state index in [0.29, 0.717) is 29.5 Å². The number of hydrogen-bond donors (Lipinski definition) is 0. The summed E-state index contributed by atoms with van der Waals surface area (Å²) in [5.41, 5.74) is 3.16. The zero-order valence-electron chi connectivity index (χ0n) is 29.2. The lowest BCUT2D eigenvalue weighted by molar-refractivity contribution is -0.148. The van der Waals surface area contributed by atoms with Crippen LogP contribution in [0.4, 0.5) is 5.13 Å². The van der Waals surface area contributed by atoms with Crippen LogP contribution in [-0.4, -0.2) is 60.8 Å². The van der Waals surface area contributed by atoms with Crippen LogP contribution in [0.25, 0.3) is 11.8 Å². The summed E-state index contributed by atoms with van der Waals surface area (Å²) in [6, 6.07) is 15.3. The molecule has 3 heterocycles. The van der Waals surface area contributed by atoms with Crippen molar-refractivity contribution in [1.82, 2.24) is 14.8 Å². The van der Waals surface area contributed by atoms with Crippen LogP contribution in [0.3, 0.4) is 0 Å². The van der Waals surface area contributed by atoms with E-state index in [-0.39, 0.29) is 38.3 Å². The fourth-order valence-electron chi connectivity index (χ4n) is 5.43. The second-order valence-electron chi connectivity index (χ2n) is 11.4. The molecule has 1 saturated heterocycles. The van der Waals surface area contributed by atoms with E-state index in [9.17, 15) is 9.36 Å². The number of aryl methyl sites for hydroxylation is 1. The Morgan fingerprint density at radius 1 is 0.980 bits per heavy atom. The van der Waals surface area contributed by atoms with Gasteiger partial charge < -0.3 is 32.9 Å². The molecule has 4 aromatic rings. The first-order valence-electron chi connectivity index (χ1n) is 16.8. The molecule has 0 radical (unpaired) electrons. The molecule has 0 atom stereocenters. The second-order valence-corrected chi connectivity index (χ2v) is 14.5. The highest BCUT2D eigenvalue weighted by molar-refractivity contribution is 7.57. The molecule has 0 bridgehead atoms. The van der Waals surface area contributed by atoms with Gasteiger partial charge in [-0.05, 0) is 76.4 Å². The summed E-state index contributed by atoms with van der Waals surface area (Å²) in [6.07, 6.45) is 4.97. The van der Waals surface area contributed by atoms with E-state index in [4.69, 9.17) is 33.0 Å². The lowest BCUT2D eigenvalue weighted by atomic mass is 9.97. The van der Waals surface area contributed by atoms with Crippen molar-refractivity contribution < 1.29 is 37.4 Å². The van der Waals surface area contributed by atoms with Crippen molar-refractivity contribution in [2.45, 2.75) is 53.8 Å². The largest absolute Gasteiger partial charge is 0.493 e. The molecule has 2 aromatic heterocycles. The average Bonchev–Trinajstić information content (AvgIpc) is 3.72. The number of piperidine rings is 1. The molecule has 1 aliphatic heterocycles. The smallest absolute Gasteiger partial charge is 0.354 e. The Morgan fingerprint density at radius 3 is 2.40 bits per heavy atom. The molecule has 0 N–H and O–H groups in total. The van der Waals surface area contributed by atoms with E-state index in [1.807, 2.05) is 62.4 Å². The Hall–Kier alpha value is -4.16. The van der Waals surface area contributed by atoms with Gasteiger partial charge in [0.2, 0.25) is 5.88 Å². The predicted octanol–water partition coefficient (Wildman–Crippen LogP) is 7.82. The van der Waals surface area contributed by atoms with E-state index in [1.54, 1.807) is 49.2 Å². The summed E-state index contributed by atoms with van der Waals surface area (Å²) < 4.78 is 48.9. The zero-order valence-corrected chi connectivity index (χ0v) is 30.9. The van der Waals surface area contributed by atoms with E-state index >= 15 is 0 Å². The number of ether oxygens (including phenoxy) is 4.